The minimum absolute atomic E-state index is 0. The summed E-state index contributed by atoms with van der Waals surface area (Å²) in [6.45, 7) is 4.02. The molecule has 0 bridgehead atoms. The number of ether oxygens (including phenoxy) is 1. The monoisotopic (exact) mass is 386 g/mol. The second-order valence-electron chi connectivity index (χ2n) is 7.29. The maximum atomic E-state index is 12.7. The van der Waals surface area contributed by atoms with Crippen LogP contribution < -0.4 is 10.1 Å². The topological polar surface area (TPSA) is 41.6 Å². The fourth-order valence-corrected chi connectivity index (χ4v) is 4.15. The lowest BCUT2D eigenvalue weighted by molar-refractivity contribution is -0.133. The number of amides is 1. The maximum Gasteiger partial charge on any atom is 0.260 e. The number of hydrogen-bond donors (Lipinski definition) is 1. The lowest BCUT2D eigenvalue weighted by Gasteiger charge is -2.21. The summed E-state index contributed by atoms with van der Waals surface area (Å²) >= 11 is 0. The van der Waals surface area contributed by atoms with Gasteiger partial charge in [-0.1, -0.05) is 48.5 Å². The van der Waals surface area contributed by atoms with E-state index < -0.39 is 0 Å². The third kappa shape index (κ3) is 4.63. The molecule has 2 aromatic carbocycles. The summed E-state index contributed by atoms with van der Waals surface area (Å²) in [5.74, 6) is 2.32. The summed E-state index contributed by atoms with van der Waals surface area (Å²) in [7, 11) is 0. The zero-order chi connectivity index (χ0) is 17.8. The molecule has 2 aliphatic heterocycles. The van der Waals surface area contributed by atoms with Crippen molar-refractivity contribution in [1.82, 2.24) is 10.2 Å². The Morgan fingerprint density at radius 3 is 2.30 bits per heavy atom. The Morgan fingerprint density at radius 2 is 1.59 bits per heavy atom. The molecule has 0 spiro atoms. The summed E-state index contributed by atoms with van der Waals surface area (Å²) in [6.07, 6.45) is 2.20. The van der Waals surface area contributed by atoms with Crippen molar-refractivity contribution in [1.29, 1.82) is 0 Å². The van der Waals surface area contributed by atoms with E-state index in [4.69, 9.17) is 4.74 Å². The Labute approximate surface area is 167 Å². The van der Waals surface area contributed by atoms with Crippen LogP contribution in [0.4, 0.5) is 0 Å². The number of rotatable bonds is 4. The van der Waals surface area contributed by atoms with Crippen LogP contribution in [0.15, 0.2) is 54.6 Å². The van der Waals surface area contributed by atoms with Gasteiger partial charge in [0.2, 0.25) is 0 Å². The first kappa shape index (κ1) is 19.7. The minimum Gasteiger partial charge on any atom is -0.483 e. The van der Waals surface area contributed by atoms with E-state index in [1.165, 1.54) is 0 Å². The molecule has 1 N–H and O–H groups in total. The lowest BCUT2D eigenvalue weighted by atomic mass is 9.92. The normalized spacial score (nSPS) is 21.7. The van der Waals surface area contributed by atoms with Crippen molar-refractivity contribution in [2.24, 2.45) is 11.8 Å². The van der Waals surface area contributed by atoms with Crippen molar-refractivity contribution >= 4 is 18.3 Å². The molecule has 2 aromatic rings. The van der Waals surface area contributed by atoms with Crippen LogP contribution in [-0.2, 0) is 4.79 Å². The van der Waals surface area contributed by atoms with Crippen molar-refractivity contribution in [3.05, 3.63) is 54.6 Å². The van der Waals surface area contributed by atoms with E-state index in [-0.39, 0.29) is 24.9 Å². The summed E-state index contributed by atoms with van der Waals surface area (Å²) in [6, 6.07) is 18.1. The van der Waals surface area contributed by atoms with E-state index in [2.05, 4.69) is 17.4 Å². The molecular formula is C22H27ClN2O2. The molecule has 0 unspecified atom stereocenters. The smallest absolute Gasteiger partial charge is 0.260 e. The van der Waals surface area contributed by atoms with Gasteiger partial charge in [-0.05, 0) is 49.4 Å². The summed E-state index contributed by atoms with van der Waals surface area (Å²) in [5, 5.41) is 3.48. The Hall–Kier alpha value is -2.04. The van der Waals surface area contributed by atoms with Gasteiger partial charge < -0.3 is 15.0 Å². The highest BCUT2D eigenvalue weighted by molar-refractivity contribution is 5.85. The number of nitrogens with one attached hydrogen (secondary N) is 1. The quantitative estimate of drug-likeness (QED) is 0.872. The van der Waals surface area contributed by atoms with E-state index in [1.807, 2.05) is 47.4 Å². The molecule has 5 heteroatoms. The van der Waals surface area contributed by atoms with E-state index in [1.54, 1.807) is 0 Å². The van der Waals surface area contributed by atoms with Gasteiger partial charge in [-0.15, -0.1) is 12.4 Å². The molecule has 0 aromatic heterocycles. The van der Waals surface area contributed by atoms with Crippen molar-refractivity contribution in [2.75, 3.05) is 32.8 Å². The molecule has 2 heterocycles. The average molecular weight is 387 g/mol. The number of halogens is 1. The van der Waals surface area contributed by atoms with Gasteiger partial charge in [0.1, 0.15) is 5.75 Å². The Kier molecular flexibility index (Phi) is 6.75. The van der Waals surface area contributed by atoms with E-state index >= 15 is 0 Å². The van der Waals surface area contributed by atoms with Crippen LogP contribution in [0.3, 0.4) is 0 Å². The molecule has 4 rings (SSSR count). The molecule has 27 heavy (non-hydrogen) atoms. The van der Waals surface area contributed by atoms with E-state index in [9.17, 15) is 4.79 Å². The van der Waals surface area contributed by atoms with Gasteiger partial charge in [0, 0.05) is 18.7 Å². The van der Waals surface area contributed by atoms with Gasteiger partial charge in [0.25, 0.3) is 5.91 Å². The predicted octanol–water partition coefficient (Wildman–Crippen LogP) is 3.61. The van der Waals surface area contributed by atoms with Gasteiger partial charge in [0.05, 0.1) is 0 Å². The van der Waals surface area contributed by atoms with Crippen LogP contribution in [0.5, 0.6) is 5.75 Å². The fourth-order valence-electron chi connectivity index (χ4n) is 4.15. The third-order valence-corrected chi connectivity index (χ3v) is 5.70. The Bertz CT molecular complexity index is 739. The minimum atomic E-state index is 0. The first-order valence-electron chi connectivity index (χ1n) is 9.57. The first-order chi connectivity index (χ1) is 12.8. The van der Waals surface area contributed by atoms with Crippen molar-refractivity contribution in [3.63, 3.8) is 0 Å². The summed E-state index contributed by atoms with van der Waals surface area (Å²) < 4.78 is 5.94. The average Bonchev–Trinajstić information content (AvgIpc) is 3.05. The lowest BCUT2D eigenvalue weighted by Crippen LogP contribution is -2.36. The van der Waals surface area contributed by atoms with Crippen molar-refractivity contribution in [2.45, 2.75) is 12.8 Å². The second kappa shape index (κ2) is 9.25. The van der Waals surface area contributed by atoms with Crippen LogP contribution in [0, 0.1) is 11.8 Å². The third-order valence-electron chi connectivity index (χ3n) is 5.70. The summed E-state index contributed by atoms with van der Waals surface area (Å²) in [5.41, 5.74) is 2.13. The van der Waals surface area contributed by atoms with Gasteiger partial charge in [-0.2, -0.15) is 0 Å². The molecule has 0 radical (unpaired) electrons. The highest BCUT2D eigenvalue weighted by Gasteiger charge is 2.31. The molecule has 144 valence electrons. The van der Waals surface area contributed by atoms with Crippen LogP contribution in [0.1, 0.15) is 12.8 Å². The molecule has 0 aliphatic carbocycles. The number of fused-ring (bicyclic) bond motifs is 1. The number of likely N-dealkylation sites (tertiary alicyclic amines) is 1. The van der Waals surface area contributed by atoms with Crippen LogP contribution >= 0.6 is 12.4 Å². The molecule has 2 atom stereocenters. The zero-order valence-electron chi connectivity index (χ0n) is 15.5. The second-order valence-corrected chi connectivity index (χ2v) is 7.29. The van der Waals surface area contributed by atoms with Crippen LogP contribution in [0.2, 0.25) is 0 Å². The summed E-state index contributed by atoms with van der Waals surface area (Å²) in [4.78, 5) is 14.7. The number of para-hydroxylation sites is 1. The number of carbonyl (C=O) groups is 1. The Morgan fingerprint density at radius 1 is 0.963 bits per heavy atom. The molecule has 2 saturated heterocycles. The van der Waals surface area contributed by atoms with E-state index in [0.29, 0.717) is 0 Å². The SMILES string of the molecule is Cl.O=C(COc1ccccc1-c1ccccc1)N1CC[C@@H]2CNC[C@@H]2CC1. The number of carbonyl (C=O) groups excluding carboxylic acids is 1. The molecular weight excluding hydrogens is 360 g/mol. The number of nitrogens with zero attached hydrogens (tertiary/aromatic N) is 1. The maximum absolute atomic E-state index is 12.7. The van der Waals surface area contributed by atoms with Crippen LogP contribution in [0.25, 0.3) is 11.1 Å². The zero-order valence-corrected chi connectivity index (χ0v) is 16.3. The van der Waals surface area contributed by atoms with Gasteiger partial charge in [0.15, 0.2) is 6.61 Å². The van der Waals surface area contributed by atoms with Crippen molar-refractivity contribution < 1.29 is 9.53 Å². The highest BCUT2D eigenvalue weighted by Crippen LogP contribution is 2.30. The highest BCUT2D eigenvalue weighted by atomic mass is 35.5. The molecule has 2 aliphatic rings. The first-order valence-corrected chi connectivity index (χ1v) is 9.57. The largest absolute Gasteiger partial charge is 0.483 e. The number of hydrogen-bond acceptors (Lipinski definition) is 3. The van der Waals surface area contributed by atoms with Gasteiger partial charge >= 0.3 is 0 Å². The predicted molar refractivity (Wildman–Crippen MR) is 110 cm³/mol. The van der Waals surface area contributed by atoms with Crippen molar-refractivity contribution in [3.8, 4) is 16.9 Å². The Balaban J connectivity index is 0.00000210. The van der Waals surface area contributed by atoms with Gasteiger partial charge in [-0.25, -0.2) is 0 Å². The number of benzene rings is 2. The molecule has 0 saturated carbocycles. The van der Waals surface area contributed by atoms with E-state index in [0.717, 1.165) is 67.7 Å². The fraction of sp³-hybridized carbons (Fsp3) is 0.409. The van der Waals surface area contributed by atoms with Gasteiger partial charge in [-0.3, -0.25) is 4.79 Å². The van der Waals surface area contributed by atoms with Crippen LogP contribution in [-0.4, -0.2) is 43.6 Å². The molecule has 1 amide bonds. The molecule has 4 nitrogen and oxygen atoms in total. The standard InChI is InChI=1S/C22H26N2O2.ClH/c25-22(24-12-10-18-14-23-15-19(18)11-13-24)16-26-21-9-5-4-8-20(21)17-6-2-1-3-7-17;/h1-9,18-19,23H,10-16H2;1H/t18-,19+;. The molecule has 2 fully saturated rings.